The molecule has 3 aliphatic rings. The van der Waals surface area contributed by atoms with E-state index in [1.807, 2.05) is 0 Å². The lowest BCUT2D eigenvalue weighted by Gasteiger charge is -2.38. The molecular formula is C19H35O3S+. The third kappa shape index (κ3) is 4.65. The standard InChI is InChI=1S/C19H35O3S/c20-13-14-1-7-17(8-2-14)23(18-9-3-15(21)4-10-18)19-11-5-16(22)6-12-19/h14-22H,1-13H2/q+1. The Labute approximate surface area is 144 Å². The normalized spacial score (nSPS) is 44.0. The van der Waals surface area contributed by atoms with Crippen molar-refractivity contribution >= 4 is 10.9 Å². The summed E-state index contributed by atoms with van der Waals surface area (Å²) in [5.41, 5.74) is 0. The minimum atomic E-state index is -0.0602. The summed E-state index contributed by atoms with van der Waals surface area (Å²) >= 11 is 0. The van der Waals surface area contributed by atoms with Gasteiger partial charge in [0.1, 0.15) is 15.7 Å². The molecule has 23 heavy (non-hydrogen) atoms. The van der Waals surface area contributed by atoms with Crippen LogP contribution in [0.1, 0.15) is 77.0 Å². The summed E-state index contributed by atoms with van der Waals surface area (Å²) in [6.45, 7) is 0.367. The van der Waals surface area contributed by atoms with E-state index < -0.39 is 0 Å². The van der Waals surface area contributed by atoms with E-state index in [4.69, 9.17) is 0 Å². The fourth-order valence-corrected chi connectivity index (χ4v) is 9.12. The molecule has 0 heterocycles. The molecule has 0 aromatic heterocycles. The molecule has 3 aliphatic carbocycles. The molecule has 0 saturated heterocycles. The quantitative estimate of drug-likeness (QED) is 0.688. The van der Waals surface area contributed by atoms with Crippen molar-refractivity contribution in [2.24, 2.45) is 5.92 Å². The van der Waals surface area contributed by atoms with Gasteiger partial charge in [-0.2, -0.15) is 0 Å². The second-order valence-electron chi connectivity index (χ2n) is 8.09. The zero-order valence-electron chi connectivity index (χ0n) is 14.4. The van der Waals surface area contributed by atoms with Crippen LogP contribution >= 0.6 is 0 Å². The van der Waals surface area contributed by atoms with Gasteiger partial charge in [-0.05, 0) is 93.9 Å². The Kier molecular flexibility index (Phi) is 6.70. The Morgan fingerprint density at radius 3 is 1.26 bits per heavy atom. The van der Waals surface area contributed by atoms with Gasteiger partial charge in [0.05, 0.1) is 12.2 Å². The predicted molar refractivity (Wildman–Crippen MR) is 96.7 cm³/mol. The number of hydrogen-bond acceptors (Lipinski definition) is 3. The maximum atomic E-state index is 9.87. The molecule has 0 atom stereocenters. The SMILES string of the molecule is OCC1CCC([S+](C2CCC(O)CC2)C2CCC(O)CC2)CC1. The highest BCUT2D eigenvalue weighted by Gasteiger charge is 2.47. The molecule has 3 fully saturated rings. The van der Waals surface area contributed by atoms with Gasteiger partial charge in [0.25, 0.3) is 0 Å². The van der Waals surface area contributed by atoms with Crippen LogP contribution < -0.4 is 0 Å². The minimum Gasteiger partial charge on any atom is -0.396 e. The van der Waals surface area contributed by atoms with Crippen LogP contribution in [0.15, 0.2) is 0 Å². The number of hydrogen-bond donors (Lipinski definition) is 3. The first-order chi connectivity index (χ1) is 11.2. The molecule has 0 aliphatic heterocycles. The highest BCUT2D eigenvalue weighted by molar-refractivity contribution is 7.98. The maximum Gasteiger partial charge on any atom is 0.119 e. The van der Waals surface area contributed by atoms with Crippen LogP contribution in [0, 0.1) is 5.92 Å². The fourth-order valence-electron chi connectivity index (χ4n) is 5.04. The first-order valence-corrected chi connectivity index (χ1v) is 11.3. The van der Waals surface area contributed by atoms with Gasteiger partial charge in [-0.15, -0.1) is 0 Å². The third-order valence-corrected chi connectivity index (χ3v) is 10.2. The van der Waals surface area contributed by atoms with Crippen LogP contribution in [0.4, 0.5) is 0 Å². The van der Waals surface area contributed by atoms with Crippen molar-refractivity contribution in [3.63, 3.8) is 0 Å². The maximum absolute atomic E-state index is 9.87. The van der Waals surface area contributed by atoms with Gasteiger partial charge >= 0.3 is 0 Å². The van der Waals surface area contributed by atoms with E-state index in [0.717, 1.165) is 41.4 Å². The Bertz CT molecular complexity index is 319. The third-order valence-electron chi connectivity index (χ3n) is 6.49. The average molecular weight is 344 g/mol. The molecule has 4 heteroatoms. The Hall–Kier alpha value is 0.230. The van der Waals surface area contributed by atoms with Crippen LogP contribution in [0.5, 0.6) is 0 Å². The van der Waals surface area contributed by atoms with Gasteiger partial charge in [0.15, 0.2) is 0 Å². The molecule has 0 spiro atoms. The molecule has 134 valence electrons. The lowest BCUT2D eigenvalue weighted by atomic mass is 9.89. The monoisotopic (exact) mass is 343 g/mol. The summed E-state index contributed by atoms with van der Waals surface area (Å²) in [5, 5.41) is 31.6. The van der Waals surface area contributed by atoms with E-state index in [1.54, 1.807) is 0 Å². The second kappa shape index (κ2) is 8.55. The van der Waals surface area contributed by atoms with E-state index in [0.29, 0.717) is 23.4 Å². The second-order valence-corrected chi connectivity index (χ2v) is 10.9. The molecule has 0 aromatic rings. The summed E-state index contributed by atoms with van der Waals surface area (Å²) in [5.74, 6) is 0.540. The van der Waals surface area contributed by atoms with Crippen molar-refractivity contribution in [1.29, 1.82) is 0 Å². The number of rotatable bonds is 4. The largest absolute Gasteiger partial charge is 0.396 e. The van der Waals surface area contributed by atoms with E-state index in [2.05, 4.69) is 0 Å². The molecule has 3 rings (SSSR count). The van der Waals surface area contributed by atoms with Gasteiger partial charge in [-0.1, -0.05) is 0 Å². The summed E-state index contributed by atoms with van der Waals surface area (Å²) in [6.07, 6.45) is 13.7. The van der Waals surface area contributed by atoms with E-state index in [9.17, 15) is 15.3 Å². The first kappa shape index (κ1) is 18.0. The van der Waals surface area contributed by atoms with Crippen molar-refractivity contribution < 1.29 is 15.3 Å². The zero-order valence-corrected chi connectivity index (χ0v) is 15.2. The van der Waals surface area contributed by atoms with E-state index in [1.165, 1.54) is 51.4 Å². The molecule has 0 bridgehead atoms. The first-order valence-electron chi connectivity index (χ1n) is 9.85. The minimum absolute atomic E-state index is 0.0602. The molecular weight excluding hydrogens is 308 g/mol. The molecule has 0 radical (unpaired) electrons. The molecule has 0 unspecified atom stereocenters. The van der Waals surface area contributed by atoms with Gasteiger partial charge < -0.3 is 15.3 Å². The number of aliphatic hydroxyl groups is 3. The van der Waals surface area contributed by atoms with Crippen LogP contribution in [0.3, 0.4) is 0 Å². The average Bonchev–Trinajstić information content (AvgIpc) is 2.59. The van der Waals surface area contributed by atoms with Gasteiger partial charge in [0, 0.05) is 6.61 Å². The predicted octanol–water partition coefficient (Wildman–Crippen LogP) is 2.76. The smallest absolute Gasteiger partial charge is 0.119 e. The van der Waals surface area contributed by atoms with Crippen molar-refractivity contribution in [3.8, 4) is 0 Å². The zero-order chi connectivity index (χ0) is 16.2. The summed E-state index contributed by atoms with van der Waals surface area (Å²) in [7, 11) is 0.466. The molecule has 3 saturated carbocycles. The van der Waals surface area contributed by atoms with E-state index in [-0.39, 0.29) is 12.2 Å². The highest BCUT2D eigenvalue weighted by atomic mass is 32.2. The van der Waals surface area contributed by atoms with Crippen LogP contribution in [0.2, 0.25) is 0 Å². The van der Waals surface area contributed by atoms with E-state index >= 15 is 0 Å². The topological polar surface area (TPSA) is 60.7 Å². The van der Waals surface area contributed by atoms with Crippen molar-refractivity contribution in [2.45, 2.75) is 105 Å². The molecule has 3 nitrogen and oxygen atoms in total. The van der Waals surface area contributed by atoms with Crippen LogP contribution in [0.25, 0.3) is 0 Å². The van der Waals surface area contributed by atoms with Crippen LogP contribution in [-0.4, -0.2) is 49.9 Å². The molecule has 0 aromatic carbocycles. The summed E-state index contributed by atoms with van der Waals surface area (Å²) < 4.78 is 0. The fraction of sp³-hybridized carbons (Fsp3) is 1.00. The Morgan fingerprint density at radius 2 is 0.913 bits per heavy atom. The van der Waals surface area contributed by atoms with Gasteiger partial charge in [-0.3, -0.25) is 0 Å². The van der Waals surface area contributed by atoms with Crippen molar-refractivity contribution in [1.82, 2.24) is 0 Å². The van der Waals surface area contributed by atoms with Gasteiger partial charge in [0.2, 0.25) is 0 Å². The lowest BCUT2D eigenvalue weighted by Crippen LogP contribution is -2.46. The number of aliphatic hydroxyl groups excluding tert-OH is 3. The Morgan fingerprint density at radius 1 is 0.565 bits per heavy atom. The summed E-state index contributed by atoms with van der Waals surface area (Å²) in [6, 6.07) is 0. The van der Waals surface area contributed by atoms with Gasteiger partial charge in [-0.25, -0.2) is 0 Å². The highest BCUT2D eigenvalue weighted by Crippen LogP contribution is 2.41. The Balaban J connectivity index is 1.66. The lowest BCUT2D eigenvalue weighted by molar-refractivity contribution is 0.128. The molecule has 0 amide bonds. The van der Waals surface area contributed by atoms with Crippen LogP contribution in [-0.2, 0) is 10.9 Å². The van der Waals surface area contributed by atoms with Crippen molar-refractivity contribution in [3.05, 3.63) is 0 Å². The summed E-state index contributed by atoms with van der Waals surface area (Å²) in [4.78, 5) is 0. The van der Waals surface area contributed by atoms with Crippen molar-refractivity contribution in [2.75, 3.05) is 6.61 Å². The molecule has 3 N–H and O–H groups in total.